The lowest BCUT2D eigenvalue weighted by molar-refractivity contribution is 0.0462. The Morgan fingerprint density at radius 3 is 1.42 bits per heavy atom. The predicted octanol–water partition coefficient (Wildman–Crippen LogP) is 7.82. The third kappa shape index (κ3) is 12.2. The minimum atomic E-state index is -1.01. The standard InChI is InChI=1S/2C20H25NO3/c1-20(2,3)24-19(23)21-18(14-22)13-15-9-11-17(12-10-15)16-7-5-4-6-8-16;1-20(2,3)21(19(23)24)18(14-22)13-15-9-11-17(12-10-15)16-7-5-4-6-8-16/h4-12,18,22H,13-14H2,1-3H3,(H,21,23);4-12,18,22H,13-14H2,1-3H3,(H,23,24)/t2*18-/m11/s1. The van der Waals surface area contributed by atoms with Crippen molar-refractivity contribution < 1.29 is 29.6 Å². The molecule has 0 aliphatic rings. The molecule has 0 bridgehead atoms. The van der Waals surface area contributed by atoms with Gasteiger partial charge in [-0.25, -0.2) is 9.59 Å². The molecule has 256 valence electrons. The first-order chi connectivity index (χ1) is 22.7. The number of amides is 2. The van der Waals surface area contributed by atoms with Crippen LogP contribution >= 0.6 is 0 Å². The van der Waals surface area contributed by atoms with Gasteiger partial charge >= 0.3 is 12.2 Å². The van der Waals surface area contributed by atoms with Gasteiger partial charge in [-0.2, -0.15) is 0 Å². The second kappa shape index (κ2) is 17.5. The molecule has 0 aliphatic heterocycles. The van der Waals surface area contributed by atoms with Gasteiger partial charge in [-0.05, 0) is 87.8 Å². The Labute approximate surface area is 285 Å². The number of nitrogens with zero attached hydrogens (tertiary/aromatic N) is 1. The van der Waals surface area contributed by atoms with E-state index in [1.165, 1.54) is 4.90 Å². The van der Waals surface area contributed by atoms with E-state index in [-0.39, 0.29) is 19.3 Å². The Bertz CT molecular complexity index is 1540. The molecule has 0 aliphatic carbocycles. The quantitative estimate of drug-likeness (QED) is 0.138. The maximum Gasteiger partial charge on any atom is 0.408 e. The highest BCUT2D eigenvalue weighted by molar-refractivity contribution is 5.68. The number of alkyl carbamates (subject to hydrolysis) is 1. The molecule has 8 heteroatoms. The molecule has 0 aromatic heterocycles. The van der Waals surface area contributed by atoms with Gasteiger partial charge in [0.2, 0.25) is 0 Å². The molecule has 2 atom stereocenters. The minimum Gasteiger partial charge on any atom is -0.465 e. The van der Waals surface area contributed by atoms with Crippen molar-refractivity contribution in [3.63, 3.8) is 0 Å². The lowest BCUT2D eigenvalue weighted by Gasteiger charge is -2.39. The summed E-state index contributed by atoms with van der Waals surface area (Å²) in [5, 5.41) is 31.4. The topological polar surface area (TPSA) is 119 Å². The number of aliphatic hydroxyl groups is 2. The summed E-state index contributed by atoms with van der Waals surface area (Å²) < 4.78 is 5.22. The molecule has 4 aromatic carbocycles. The number of benzene rings is 4. The molecule has 0 unspecified atom stereocenters. The molecule has 0 spiro atoms. The van der Waals surface area contributed by atoms with Crippen molar-refractivity contribution in [1.29, 1.82) is 0 Å². The van der Waals surface area contributed by atoms with Gasteiger partial charge < -0.3 is 25.4 Å². The van der Waals surface area contributed by atoms with E-state index in [0.717, 1.165) is 33.4 Å². The van der Waals surface area contributed by atoms with Crippen LogP contribution in [0.25, 0.3) is 22.3 Å². The predicted molar refractivity (Wildman–Crippen MR) is 192 cm³/mol. The number of carbonyl (C=O) groups excluding carboxylic acids is 1. The van der Waals surface area contributed by atoms with Crippen LogP contribution in [-0.2, 0) is 17.6 Å². The average Bonchev–Trinajstić information content (AvgIpc) is 3.04. The van der Waals surface area contributed by atoms with Gasteiger partial charge in [0.25, 0.3) is 0 Å². The SMILES string of the molecule is CC(C)(C)N(C(=O)O)[C@@H](CO)Cc1ccc(-c2ccccc2)cc1.CC(C)(C)OC(=O)N[C@@H](CO)Cc1ccc(-c2ccccc2)cc1. The van der Waals surface area contributed by atoms with Crippen molar-refractivity contribution in [1.82, 2.24) is 10.2 Å². The largest absolute Gasteiger partial charge is 0.465 e. The van der Waals surface area contributed by atoms with E-state index >= 15 is 0 Å². The second-order valence-corrected chi connectivity index (χ2v) is 13.7. The highest BCUT2D eigenvalue weighted by Gasteiger charge is 2.33. The summed E-state index contributed by atoms with van der Waals surface area (Å²) in [6.45, 7) is 10.6. The maximum absolute atomic E-state index is 11.8. The Kier molecular flexibility index (Phi) is 13.8. The molecule has 2 amide bonds. The van der Waals surface area contributed by atoms with Crippen molar-refractivity contribution in [2.24, 2.45) is 0 Å². The van der Waals surface area contributed by atoms with Gasteiger partial charge in [-0.15, -0.1) is 0 Å². The third-order valence-corrected chi connectivity index (χ3v) is 7.52. The maximum atomic E-state index is 11.8. The van der Waals surface area contributed by atoms with E-state index in [4.69, 9.17) is 4.74 Å². The first-order valence-electron chi connectivity index (χ1n) is 16.2. The number of ether oxygens (including phenoxy) is 1. The van der Waals surface area contributed by atoms with E-state index in [1.54, 1.807) is 0 Å². The van der Waals surface area contributed by atoms with Gasteiger partial charge in [-0.1, -0.05) is 109 Å². The summed E-state index contributed by atoms with van der Waals surface area (Å²) in [7, 11) is 0. The van der Waals surface area contributed by atoms with E-state index in [0.29, 0.717) is 12.8 Å². The van der Waals surface area contributed by atoms with E-state index in [1.807, 2.05) is 126 Å². The van der Waals surface area contributed by atoms with Crippen LogP contribution in [-0.4, -0.2) is 68.8 Å². The molecule has 4 rings (SSSR count). The van der Waals surface area contributed by atoms with Crippen LogP contribution in [0.1, 0.15) is 52.7 Å². The van der Waals surface area contributed by atoms with Crippen LogP contribution in [0.5, 0.6) is 0 Å². The fourth-order valence-electron chi connectivity index (χ4n) is 5.35. The number of carbonyl (C=O) groups is 2. The lowest BCUT2D eigenvalue weighted by atomic mass is 9.97. The molecule has 0 saturated carbocycles. The van der Waals surface area contributed by atoms with Crippen LogP contribution in [0.15, 0.2) is 109 Å². The van der Waals surface area contributed by atoms with Crippen molar-refractivity contribution in [2.75, 3.05) is 13.2 Å². The van der Waals surface area contributed by atoms with Gasteiger partial charge in [0, 0.05) is 5.54 Å². The zero-order chi connectivity index (χ0) is 35.3. The third-order valence-electron chi connectivity index (χ3n) is 7.52. The summed E-state index contributed by atoms with van der Waals surface area (Å²) in [6.07, 6.45) is -0.495. The zero-order valence-corrected chi connectivity index (χ0v) is 28.9. The van der Waals surface area contributed by atoms with Crippen LogP contribution in [0.3, 0.4) is 0 Å². The molecule has 8 nitrogen and oxygen atoms in total. The van der Waals surface area contributed by atoms with Crippen molar-refractivity contribution in [3.05, 3.63) is 120 Å². The van der Waals surface area contributed by atoms with Gasteiger partial charge in [-0.3, -0.25) is 4.90 Å². The minimum absolute atomic E-state index is 0.139. The van der Waals surface area contributed by atoms with Crippen molar-refractivity contribution >= 4 is 12.2 Å². The smallest absolute Gasteiger partial charge is 0.408 e. The summed E-state index contributed by atoms with van der Waals surface area (Å²) in [4.78, 5) is 24.7. The molecule has 0 fully saturated rings. The molecule has 0 saturated heterocycles. The first kappa shape index (κ1) is 37.8. The Balaban J connectivity index is 0.000000260. The van der Waals surface area contributed by atoms with Crippen molar-refractivity contribution in [2.45, 2.75) is 77.6 Å². The number of hydrogen-bond donors (Lipinski definition) is 4. The monoisotopic (exact) mass is 654 g/mol. The van der Waals surface area contributed by atoms with Crippen LogP contribution < -0.4 is 5.32 Å². The number of hydrogen-bond acceptors (Lipinski definition) is 5. The van der Waals surface area contributed by atoms with Gasteiger partial charge in [0.1, 0.15) is 5.60 Å². The van der Waals surface area contributed by atoms with Crippen LogP contribution in [0, 0.1) is 0 Å². The fraction of sp³-hybridized carbons (Fsp3) is 0.350. The van der Waals surface area contributed by atoms with Crippen LogP contribution in [0.4, 0.5) is 9.59 Å². The Morgan fingerprint density at radius 1 is 0.646 bits per heavy atom. The van der Waals surface area contributed by atoms with E-state index in [9.17, 15) is 24.9 Å². The van der Waals surface area contributed by atoms with E-state index < -0.39 is 29.4 Å². The first-order valence-corrected chi connectivity index (χ1v) is 16.2. The second-order valence-electron chi connectivity index (χ2n) is 13.7. The number of carboxylic acid groups (broad SMARTS) is 1. The Morgan fingerprint density at radius 2 is 1.06 bits per heavy atom. The molecule has 0 radical (unpaired) electrons. The zero-order valence-electron chi connectivity index (χ0n) is 28.9. The molecule has 0 heterocycles. The summed E-state index contributed by atoms with van der Waals surface area (Å²) in [6, 6.07) is 35.6. The summed E-state index contributed by atoms with van der Waals surface area (Å²) >= 11 is 0. The fourth-order valence-corrected chi connectivity index (χ4v) is 5.35. The molecular weight excluding hydrogens is 604 g/mol. The van der Waals surface area contributed by atoms with E-state index in [2.05, 4.69) is 29.6 Å². The number of rotatable bonds is 10. The van der Waals surface area contributed by atoms with Crippen LogP contribution in [0.2, 0.25) is 0 Å². The number of aliphatic hydroxyl groups excluding tert-OH is 2. The average molecular weight is 655 g/mol. The normalized spacial score (nSPS) is 12.6. The molecule has 4 N–H and O–H groups in total. The molecule has 4 aromatic rings. The highest BCUT2D eigenvalue weighted by atomic mass is 16.6. The number of nitrogens with one attached hydrogen (secondary N) is 1. The summed E-state index contributed by atoms with van der Waals surface area (Å²) in [5.74, 6) is 0. The Hall–Kier alpha value is -4.66. The molecular formula is C40H50N2O6. The molecule has 48 heavy (non-hydrogen) atoms. The van der Waals surface area contributed by atoms with Crippen molar-refractivity contribution in [3.8, 4) is 22.3 Å². The van der Waals surface area contributed by atoms with Gasteiger partial charge in [0.05, 0.1) is 25.3 Å². The summed E-state index contributed by atoms with van der Waals surface area (Å²) in [5.41, 5.74) is 5.49. The highest BCUT2D eigenvalue weighted by Crippen LogP contribution is 2.23. The lowest BCUT2D eigenvalue weighted by Crippen LogP contribution is -2.53. The van der Waals surface area contributed by atoms with Gasteiger partial charge in [0.15, 0.2) is 0 Å².